The lowest BCUT2D eigenvalue weighted by Gasteiger charge is -2.08. The molecule has 0 saturated heterocycles. The highest BCUT2D eigenvalue weighted by molar-refractivity contribution is 5.97. The van der Waals surface area contributed by atoms with E-state index in [0.29, 0.717) is 0 Å². The lowest BCUT2D eigenvalue weighted by Crippen LogP contribution is -2.04. The van der Waals surface area contributed by atoms with Gasteiger partial charge in [-0.25, -0.2) is 0 Å². The molecule has 34 heavy (non-hydrogen) atoms. The van der Waals surface area contributed by atoms with Gasteiger partial charge in [-0.05, 0) is 69.3 Å². The van der Waals surface area contributed by atoms with Gasteiger partial charge in [0.15, 0.2) is 0 Å². The van der Waals surface area contributed by atoms with Gasteiger partial charge in [-0.3, -0.25) is 20.1 Å². The predicted molar refractivity (Wildman–Crippen MR) is 145 cm³/mol. The van der Waals surface area contributed by atoms with Crippen LogP contribution in [0.2, 0.25) is 0 Å². The second-order valence-electron chi connectivity index (χ2n) is 7.72. The van der Waals surface area contributed by atoms with Crippen LogP contribution in [0.5, 0.6) is 0 Å². The Labute approximate surface area is 204 Å². The Kier molecular flexibility index (Phi) is 13.2. The fourth-order valence-electron chi connectivity index (χ4n) is 2.80. The molecule has 3 heterocycles. The number of allylic oxidation sites excluding steroid dienone is 2. The van der Waals surface area contributed by atoms with E-state index in [9.17, 15) is 0 Å². The number of pyridine rings is 2. The summed E-state index contributed by atoms with van der Waals surface area (Å²) in [4.78, 5) is 12.9. The van der Waals surface area contributed by atoms with E-state index in [4.69, 9.17) is 0 Å². The SMILES string of the molecule is C=C/C=C\N=C(C)c1cc(C)[nH]n1.C=CNCc1cnc(-c2ccnc(C)c2)c(C)c1.CCC. The summed E-state index contributed by atoms with van der Waals surface area (Å²) in [6.45, 7) is 20.1. The molecule has 180 valence electrons. The zero-order valence-corrected chi connectivity index (χ0v) is 21.4. The monoisotopic (exact) mass is 458 g/mol. The van der Waals surface area contributed by atoms with Crippen LogP contribution in [0.1, 0.15) is 55.4 Å². The Hall–Kier alpha value is -3.80. The molecule has 0 amide bonds. The Morgan fingerprint density at radius 1 is 1.12 bits per heavy atom. The first-order chi connectivity index (χ1) is 16.4. The quantitative estimate of drug-likeness (QED) is 0.307. The fourth-order valence-corrected chi connectivity index (χ4v) is 2.80. The maximum absolute atomic E-state index is 4.54. The molecule has 0 saturated carbocycles. The summed E-state index contributed by atoms with van der Waals surface area (Å²) in [5, 5.41) is 10.0. The average Bonchev–Trinajstić information content (AvgIpc) is 3.25. The summed E-state index contributed by atoms with van der Waals surface area (Å²) >= 11 is 0. The van der Waals surface area contributed by atoms with Crippen LogP contribution in [0.15, 0.2) is 79.4 Å². The molecular formula is C28H38N6. The van der Waals surface area contributed by atoms with Crippen LogP contribution in [0.25, 0.3) is 11.3 Å². The molecular weight excluding hydrogens is 420 g/mol. The van der Waals surface area contributed by atoms with Gasteiger partial charge in [0, 0.05) is 42.1 Å². The first-order valence-corrected chi connectivity index (χ1v) is 11.4. The molecule has 0 aromatic carbocycles. The van der Waals surface area contributed by atoms with Gasteiger partial charge in [0.05, 0.1) is 11.4 Å². The van der Waals surface area contributed by atoms with Gasteiger partial charge in [0.2, 0.25) is 0 Å². The normalized spacial score (nSPS) is 10.6. The van der Waals surface area contributed by atoms with Gasteiger partial charge >= 0.3 is 0 Å². The molecule has 0 radical (unpaired) electrons. The van der Waals surface area contributed by atoms with Gasteiger partial charge in [-0.15, -0.1) is 0 Å². The van der Waals surface area contributed by atoms with Crippen LogP contribution in [0.4, 0.5) is 0 Å². The zero-order valence-electron chi connectivity index (χ0n) is 21.4. The topological polar surface area (TPSA) is 78.9 Å². The van der Waals surface area contributed by atoms with Crippen molar-refractivity contribution in [1.29, 1.82) is 0 Å². The van der Waals surface area contributed by atoms with Gasteiger partial charge in [0.25, 0.3) is 0 Å². The van der Waals surface area contributed by atoms with E-state index in [1.54, 1.807) is 24.6 Å². The third kappa shape index (κ3) is 10.2. The van der Waals surface area contributed by atoms with Crippen molar-refractivity contribution in [3.8, 4) is 11.3 Å². The Morgan fingerprint density at radius 3 is 2.41 bits per heavy atom. The molecule has 0 spiro atoms. The number of hydrogen-bond donors (Lipinski definition) is 2. The molecule has 6 heteroatoms. The zero-order chi connectivity index (χ0) is 25.3. The van der Waals surface area contributed by atoms with Crippen LogP contribution in [-0.2, 0) is 6.54 Å². The van der Waals surface area contributed by atoms with Gasteiger partial charge in [-0.1, -0.05) is 45.6 Å². The molecule has 0 atom stereocenters. The molecule has 0 aliphatic carbocycles. The van der Waals surface area contributed by atoms with Crippen LogP contribution in [-0.4, -0.2) is 25.9 Å². The Bertz CT molecular complexity index is 1090. The van der Waals surface area contributed by atoms with E-state index in [1.807, 2.05) is 45.3 Å². The summed E-state index contributed by atoms with van der Waals surface area (Å²) in [6.07, 6.45) is 11.8. The van der Waals surface area contributed by atoms with Crippen molar-refractivity contribution in [1.82, 2.24) is 25.5 Å². The summed E-state index contributed by atoms with van der Waals surface area (Å²) in [6, 6.07) is 8.15. The molecule has 3 aromatic heterocycles. The molecule has 3 aromatic rings. The van der Waals surface area contributed by atoms with Gasteiger partial charge < -0.3 is 5.32 Å². The average molecular weight is 459 g/mol. The minimum absolute atomic E-state index is 0.757. The lowest BCUT2D eigenvalue weighted by atomic mass is 10.1. The minimum Gasteiger partial charge on any atom is -0.387 e. The molecule has 2 N–H and O–H groups in total. The van der Waals surface area contributed by atoms with Crippen LogP contribution in [0, 0.1) is 20.8 Å². The highest BCUT2D eigenvalue weighted by Gasteiger charge is 2.05. The highest BCUT2D eigenvalue weighted by atomic mass is 15.1. The number of aromatic amines is 1. The van der Waals surface area contributed by atoms with E-state index in [2.05, 4.69) is 76.5 Å². The number of aliphatic imine (C=N–C) groups is 1. The van der Waals surface area contributed by atoms with Gasteiger partial charge in [0.1, 0.15) is 5.69 Å². The fraction of sp³-hybridized carbons (Fsp3) is 0.286. The Balaban J connectivity index is 0.000000318. The highest BCUT2D eigenvalue weighted by Crippen LogP contribution is 2.21. The molecule has 0 fully saturated rings. The number of H-pyrrole nitrogens is 1. The maximum atomic E-state index is 4.54. The van der Waals surface area contributed by atoms with E-state index in [1.165, 1.54) is 12.0 Å². The number of aryl methyl sites for hydroxylation is 3. The predicted octanol–water partition coefficient (Wildman–Crippen LogP) is 6.64. The van der Waals surface area contributed by atoms with E-state index in [0.717, 1.165) is 46.2 Å². The third-order valence-electron chi connectivity index (χ3n) is 4.32. The summed E-state index contributed by atoms with van der Waals surface area (Å²) in [7, 11) is 0. The smallest absolute Gasteiger partial charge is 0.106 e. The number of rotatable bonds is 7. The Morgan fingerprint density at radius 2 is 1.85 bits per heavy atom. The van der Waals surface area contributed by atoms with Crippen LogP contribution >= 0.6 is 0 Å². The summed E-state index contributed by atoms with van der Waals surface area (Å²) in [5.41, 5.74) is 8.27. The first kappa shape index (κ1) is 28.2. The van der Waals surface area contributed by atoms with Crippen LogP contribution < -0.4 is 5.32 Å². The second kappa shape index (κ2) is 15.9. The number of aromatic nitrogens is 4. The van der Waals surface area contributed by atoms with Crippen molar-refractivity contribution in [3.63, 3.8) is 0 Å². The number of hydrogen-bond acceptors (Lipinski definition) is 5. The maximum Gasteiger partial charge on any atom is 0.106 e. The number of nitrogens with zero attached hydrogens (tertiary/aromatic N) is 4. The standard InChI is InChI=1S/C15H17N3.C10H13N3.C3H8/c1-4-16-9-13-7-11(2)15(18-10-13)14-5-6-17-12(3)8-14;1-4-5-6-11-9(3)10-7-8(2)12-13-10;1-3-2/h4-8,10,16H,1,9H2,2-3H3;4-7H,1H2,2-3H3,(H,12,13);3H2,1-2H3/b;6-5-,11-9?;. The number of nitrogens with one attached hydrogen (secondary N) is 2. The van der Waals surface area contributed by atoms with E-state index < -0.39 is 0 Å². The lowest BCUT2D eigenvalue weighted by molar-refractivity contribution is 0.864. The molecule has 0 unspecified atom stereocenters. The van der Waals surface area contributed by atoms with Crippen molar-refractivity contribution in [3.05, 3.63) is 103 Å². The third-order valence-corrected chi connectivity index (χ3v) is 4.32. The summed E-state index contributed by atoms with van der Waals surface area (Å²) < 4.78 is 0. The minimum atomic E-state index is 0.757. The largest absolute Gasteiger partial charge is 0.387 e. The van der Waals surface area contributed by atoms with Gasteiger partial charge in [-0.2, -0.15) is 5.10 Å². The summed E-state index contributed by atoms with van der Waals surface area (Å²) in [5.74, 6) is 0. The molecule has 3 rings (SSSR count). The molecule has 0 bridgehead atoms. The second-order valence-corrected chi connectivity index (χ2v) is 7.72. The van der Waals surface area contributed by atoms with Crippen molar-refractivity contribution >= 4 is 5.71 Å². The first-order valence-electron chi connectivity index (χ1n) is 11.4. The van der Waals surface area contributed by atoms with E-state index in [-0.39, 0.29) is 0 Å². The molecule has 0 aliphatic heterocycles. The van der Waals surface area contributed by atoms with Crippen molar-refractivity contribution in [2.45, 2.75) is 54.5 Å². The van der Waals surface area contributed by atoms with E-state index >= 15 is 0 Å². The molecule has 6 nitrogen and oxygen atoms in total. The van der Waals surface area contributed by atoms with Crippen molar-refractivity contribution in [2.24, 2.45) is 4.99 Å². The molecule has 0 aliphatic rings. The van der Waals surface area contributed by atoms with Crippen molar-refractivity contribution < 1.29 is 0 Å². The van der Waals surface area contributed by atoms with Crippen molar-refractivity contribution in [2.75, 3.05) is 0 Å². The van der Waals surface area contributed by atoms with Crippen LogP contribution in [0.3, 0.4) is 0 Å².